The van der Waals surface area contributed by atoms with Gasteiger partial charge in [0.15, 0.2) is 0 Å². The molecule has 0 saturated carbocycles. The molecular formula is C14H16N2O2. The van der Waals surface area contributed by atoms with E-state index in [1.54, 1.807) is 0 Å². The largest absolute Gasteiger partial charge is 0.478 e. The lowest BCUT2D eigenvalue weighted by Gasteiger charge is -2.05. The Morgan fingerprint density at radius 2 is 2.17 bits per heavy atom. The van der Waals surface area contributed by atoms with Gasteiger partial charge in [-0.15, -0.1) is 0 Å². The molecule has 1 heterocycles. The standard InChI is InChI=1S/C14H16N2O2/c1-9(2)10-5-4-6-11-14(10)15-12(16(11)3)7-8-13(17)18/h4-9H,1-3H3,(H,17,18)/b8-7+. The number of hydrogen-bond acceptors (Lipinski definition) is 2. The maximum Gasteiger partial charge on any atom is 0.328 e. The second kappa shape index (κ2) is 4.64. The summed E-state index contributed by atoms with van der Waals surface area (Å²) in [6.07, 6.45) is 2.63. The Hall–Kier alpha value is -2.10. The minimum Gasteiger partial charge on any atom is -0.478 e. The molecule has 18 heavy (non-hydrogen) atoms. The molecule has 0 spiro atoms. The number of benzene rings is 1. The minimum atomic E-state index is -0.967. The number of aromatic nitrogens is 2. The minimum absolute atomic E-state index is 0.389. The van der Waals surface area contributed by atoms with Crippen LogP contribution < -0.4 is 0 Å². The van der Waals surface area contributed by atoms with Gasteiger partial charge in [0.25, 0.3) is 0 Å². The van der Waals surface area contributed by atoms with E-state index in [1.807, 2.05) is 23.7 Å². The molecule has 1 aromatic carbocycles. The van der Waals surface area contributed by atoms with E-state index in [0.29, 0.717) is 11.7 Å². The summed E-state index contributed by atoms with van der Waals surface area (Å²) in [4.78, 5) is 15.1. The molecule has 1 N–H and O–H groups in total. The van der Waals surface area contributed by atoms with Gasteiger partial charge in [-0.2, -0.15) is 0 Å². The van der Waals surface area contributed by atoms with Crippen molar-refractivity contribution in [2.24, 2.45) is 7.05 Å². The van der Waals surface area contributed by atoms with Crippen molar-refractivity contribution in [3.63, 3.8) is 0 Å². The summed E-state index contributed by atoms with van der Waals surface area (Å²) in [5, 5.41) is 8.66. The lowest BCUT2D eigenvalue weighted by atomic mass is 10.0. The van der Waals surface area contributed by atoms with Crippen molar-refractivity contribution in [2.45, 2.75) is 19.8 Å². The van der Waals surface area contributed by atoms with Crippen molar-refractivity contribution in [3.05, 3.63) is 35.7 Å². The number of carboxylic acids is 1. The van der Waals surface area contributed by atoms with Crippen molar-refractivity contribution in [1.29, 1.82) is 0 Å². The Kier molecular flexibility index (Phi) is 3.19. The lowest BCUT2D eigenvalue weighted by Crippen LogP contribution is -1.93. The molecule has 0 unspecified atom stereocenters. The number of nitrogens with zero attached hydrogens (tertiary/aromatic N) is 2. The summed E-state index contributed by atoms with van der Waals surface area (Å²) in [5.41, 5.74) is 3.14. The van der Waals surface area contributed by atoms with Gasteiger partial charge in [0.1, 0.15) is 5.82 Å². The number of fused-ring (bicyclic) bond motifs is 1. The number of hydrogen-bond donors (Lipinski definition) is 1. The van der Waals surface area contributed by atoms with Crippen molar-refractivity contribution in [3.8, 4) is 0 Å². The van der Waals surface area contributed by atoms with Crippen molar-refractivity contribution >= 4 is 23.1 Å². The highest BCUT2D eigenvalue weighted by atomic mass is 16.4. The van der Waals surface area contributed by atoms with Crippen molar-refractivity contribution in [2.75, 3.05) is 0 Å². The van der Waals surface area contributed by atoms with Crippen LogP contribution in [0, 0.1) is 0 Å². The number of carboxylic acid groups (broad SMARTS) is 1. The molecular weight excluding hydrogens is 228 g/mol. The molecule has 0 aliphatic heterocycles. The van der Waals surface area contributed by atoms with E-state index < -0.39 is 5.97 Å². The molecule has 0 aliphatic rings. The van der Waals surface area contributed by atoms with Crippen LogP contribution in [0.15, 0.2) is 24.3 Å². The third-order valence-corrected chi connectivity index (χ3v) is 2.97. The Morgan fingerprint density at radius 1 is 1.44 bits per heavy atom. The number of aliphatic carboxylic acids is 1. The molecule has 2 aromatic rings. The first-order chi connectivity index (χ1) is 8.50. The van der Waals surface area contributed by atoms with E-state index in [4.69, 9.17) is 5.11 Å². The maximum absolute atomic E-state index is 10.6. The highest BCUT2D eigenvalue weighted by molar-refractivity contribution is 5.87. The van der Waals surface area contributed by atoms with Gasteiger partial charge < -0.3 is 9.67 Å². The van der Waals surface area contributed by atoms with Crippen LogP contribution in [0.25, 0.3) is 17.1 Å². The second-order valence-electron chi connectivity index (χ2n) is 4.57. The molecule has 94 valence electrons. The highest BCUT2D eigenvalue weighted by Gasteiger charge is 2.11. The predicted molar refractivity (Wildman–Crippen MR) is 71.5 cm³/mol. The first-order valence-electron chi connectivity index (χ1n) is 5.87. The Morgan fingerprint density at radius 3 is 2.78 bits per heavy atom. The van der Waals surface area contributed by atoms with Crippen molar-refractivity contribution < 1.29 is 9.90 Å². The van der Waals surface area contributed by atoms with E-state index in [0.717, 1.165) is 17.1 Å². The van der Waals surface area contributed by atoms with Gasteiger partial charge in [-0.3, -0.25) is 0 Å². The van der Waals surface area contributed by atoms with Gasteiger partial charge in [-0.1, -0.05) is 26.0 Å². The molecule has 0 radical (unpaired) electrons. The molecule has 4 heteroatoms. The summed E-state index contributed by atoms with van der Waals surface area (Å²) >= 11 is 0. The average molecular weight is 244 g/mol. The van der Waals surface area contributed by atoms with E-state index in [1.165, 1.54) is 11.6 Å². The fraction of sp³-hybridized carbons (Fsp3) is 0.286. The predicted octanol–water partition coefficient (Wildman–Crippen LogP) is 2.79. The molecule has 0 amide bonds. The summed E-state index contributed by atoms with van der Waals surface area (Å²) < 4.78 is 1.90. The molecule has 2 rings (SSSR count). The quantitative estimate of drug-likeness (QED) is 0.845. The number of imidazole rings is 1. The smallest absolute Gasteiger partial charge is 0.328 e. The topological polar surface area (TPSA) is 55.1 Å². The van der Waals surface area contributed by atoms with Crippen LogP contribution in [-0.4, -0.2) is 20.6 Å². The van der Waals surface area contributed by atoms with Crippen molar-refractivity contribution in [1.82, 2.24) is 9.55 Å². The molecule has 0 fully saturated rings. The zero-order valence-corrected chi connectivity index (χ0v) is 10.7. The molecule has 0 aliphatic carbocycles. The number of carbonyl (C=O) groups is 1. The van der Waals surface area contributed by atoms with Gasteiger partial charge in [0.05, 0.1) is 11.0 Å². The second-order valence-corrected chi connectivity index (χ2v) is 4.57. The van der Waals surface area contributed by atoms with Gasteiger partial charge in [-0.05, 0) is 23.6 Å². The molecule has 1 aromatic heterocycles. The van der Waals surface area contributed by atoms with Crippen LogP contribution in [-0.2, 0) is 11.8 Å². The maximum atomic E-state index is 10.6. The van der Waals surface area contributed by atoms with Crippen LogP contribution in [0.5, 0.6) is 0 Å². The summed E-state index contributed by atoms with van der Waals surface area (Å²) in [7, 11) is 1.89. The monoisotopic (exact) mass is 244 g/mol. The molecule has 4 nitrogen and oxygen atoms in total. The molecule has 0 bridgehead atoms. The Balaban J connectivity index is 2.62. The number of aryl methyl sites for hydroxylation is 1. The molecule has 0 atom stereocenters. The zero-order valence-electron chi connectivity index (χ0n) is 10.7. The Labute approximate surface area is 106 Å². The van der Waals surface area contributed by atoms with E-state index in [2.05, 4.69) is 24.9 Å². The van der Waals surface area contributed by atoms with Crippen LogP contribution in [0.1, 0.15) is 31.2 Å². The average Bonchev–Trinajstić information content (AvgIpc) is 2.63. The summed E-state index contributed by atoms with van der Waals surface area (Å²) in [6, 6.07) is 6.06. The van der Waals surface area contributed by atoms with E-state index in [-0.39, 0.29) is 0 Å². The van der Waals surface area contributed by atoms with Gasteiger partial charge in [-0.25, -0.2) is 9.78 Å². The first kappa shape index (κ1) is 12.4. The van der Waals surface area contributed by atoms with Gasteiger partial charge >= 0.3 is 5.97 Å². The van der Waals surface area contributed by atoms with E-state index >= 15 is 0 Å². The summed E-state index contributed by atoms with van der Waals surface area (Å²) in [6.45, 7) is 4.24. The summed E-state index contributed by atoms with van der Waals surface area (Å²) in [5.74, 6) is 0.0755. The fourth-order valence-corrected chi connectivity index (χ4v) is 2.01. The fourth-order valence-electron chi connectivity index (χ4n) is 2.01. The lowest BCUT2D eigenvalue weighted by molar-refractivity contribution is -0.131. The van der Waals surface area contributed by atoms with Crippen LogP contribution in [0.4, 0.5) is 0 Å². The van der Waals surface area contributed by atoms with Crippen LogP contribution >= 0.6 is 0 Å². The van der Waals surface area contributed by atoms with Gasteiger partial charge in [0.2, 0.25) is 0 Å². The third-order valence-electron chi connectivity index (χ3n) is 2.97. The molecule has 0 saturated heterocycles. The normalized spacial score (nSPS) is 11.8. The van der Waals surface area contributed by atoms with E-state index in [9.17, 15) is 4.79 Å². The SMILES string of the molecule is CC(C)c1cccc2c1nc(/C=C/C(=O)O)n2C. The van der Waals surface area contributed by atoms with Gasteiger partial charge in [0, 0.05) is 13.1 Å². The Bertz CT molecular complexity index is 624. The zero-order chi connectivity index (χ0) is 13.3. The third kappa shape index (κ3) is 2.14. The van der Waals surface area contributed by atoms with Crippen LogP contribution in [0.3, 0.4) is 0 Å². The van der Waals surface area contributed by atoms with Crippen LogP contribution in [0.2, 0.25) is 0 Å². The highest BCUT2D eigenvalue weighted by Crippen LogP contribution is 2.25. The number of para-hydroxylation sites is 1. The first-order valence-corrected chi connectivity index (χ1v) is 5.87. The number of rotatable bonds is 3.